The van der Waals surface area contributed by atoms with E-state index in [1.165, 1.54) is 13.2 Å². The van der Waals surface area contributed by atoms with Gasteiger partial charge in [0.05, 0.1) is 17.8 Å². The number of ether oxygens (including phenoxy) is 2. The molecule has 1 aromatic heterocycles. The number of pyridine rings is 1. The molecule has 0 saturated heterocycles. The molecule has 0 N–H and O–H groups in total. The maximum atomic E-state index is 11.9. The summed E-state index contributed by atoms with van der Waals surface area (Å²) in [6.07, 6.45) is 0. The molecule has 2 aromatic rings. The van der Waals surface area contributed by atoms with E-state index in [1.807, 2.05) is 13.8 Å². The molecule has 0 amide bonds. The van der Waals surface area contributed by atoms with Gasteiger partial charge in [0, 0.05) is 5.02 Å². The number of aromatic nitrogens is 1. The van der Waals surface area contributed by atoms with Crippen LogP contribution in [0.1, 0.15) is 27.2 Å². The highest BCUT2D eigenvalue weighted by atomic mass is 35.5. The van der Waals surface area contributed by atoms with Crippen LogP contribution in [0, 0.1) is 20.8 Å². The highest BCUT2D eigenvalue weighted by Crippen LogP contribution is 2.33. The number of benzene rings is 1. The third-order valence-corrected chi connectivity index (χ3v) is 3.75. The van der Waals surface area contributed by atoms with Gasteiger partial charge in [-0.25, -0.2) is 9.78 Å². The van der Waals surface area contributed by atoms with E-state index in [0.29, 0.717) is 21.5 Å². The fourth-order valence-corrected chi connectivity index (χ4v) is 2.53. The first-order chi connectivity index (χ1) is 10.3. The number of aryl methyl sites for hydroxylation is 3. The van der Waals surface area contributed by atoms with E-state index in [-0.39, 0.29) is 11.4 Å². The van der Waals surface area contributed by atoms with Crippen LogP contribution in [0.5, 0.6) is 11.6 Å². The first-order valence-electron chi connectivity index (χ1n) is 6.53. The Labute approximate surface area is 139 Å². The van der Waals surface area contributed by atoms with Crippen molar-refractivity contribution in [1.82, 2.24) is 4.98 Å². The van der Waals surface area contributed by atoms with Crippen molar-refractivity contribution in [3.8, 4) is 11.6 Å². The standard InChI is InChI=1S/C16H15Cl2NO3/c1-8-5-11(17)6-9(2)14(8)22-15-12(16(20)21-4)7-13(18)10(3)19-15/h5-7H,1-4H3. The van der Waals surface area contributed by atoms with Gasteiger partial charge in [-0.1, -0.05) is 23.2 Å². The van der Waals surface area contributed by atoms with E-state index < -0.39 is 5.97 Å². The number of halogens is 2. The van der Waals surface area contributed by atoms with Crippen LogP contribution in [0.25, 0.3) is 0 Å². The second-order valence-corrected chi connectivity index (χ2v) is 5.71. The lowest BCUT2D eigenvalue weighted by Gasteiger charge is -2.14. The van der Waals surface area contributed by atoms with Crippen molar-refractivity contribution >= 4 is 29.2 Å². The number of hydrogen-bond acceptors (Lipinski definition) is 4. The van der Waals surface area contributed by atoms with Gasteiger partial charge in [-0.3, -0.25) is 0 Å². The largest absolute Gasteiger partial charge is 0.465 e. The Bertz CT molecular complexity index is 721. The van der Waals surface area contributed by atoms with Crippen LogP contribution >= 0.6 is 23.2 Å². The van der Waals surface area contributed by atoms with Gasteiger partial charge in [-0.2, -0.15) is 0 Å². The summed E-state index contributed by atoms with van der Waals surface area (Å²) in [5, 5.41) is 0.994. The molecule has 6 heteroatoms. The zero-order valence-electron chi connectivity index (χ0n) is 12.7. The molecular formula is C16H15Cl2NO3. The van der Waals surface area contributed by atoms with Crippen molar-refractivity contribution in [3.63, 3.8) is 0 Å². The summed E-state index contributed by atoms with van der Waals surface area (Å²) in [6, 6.07) is 5.06. The van der Waals surface area contributed by atoms with Crippen LogP contribution in [-0.4, -0.2) is 18.1 Å². The summed E-state index contributed by atoms with van der Waals surface area (Å²) in [5.41, 5.74) is 2.42. The minimum absolute atomic E-state index is 0.155. The van der Waals surface area contributed by atoms with E-state index in [0.717, 1.165) is 11.1 Å². The molecule has 0 saturated carbocycles. The number of rotatable bonds is 3. The average Bonchev–Trinajstić information content (AvgIpc) is 2.45. The molecule has 116 valence electrons. The van der Waals surface area contributed by atoms with Crippen molar-refractivity contribution in [1.29, 1.82) is 0 Å². The molecule has 22 heavy (non-hydrogen) atoms. The fraction of sp³-hybridized carbons (Fsp3) is 0.250. The van der Waals surface area contributed by atoms with Crippen LogP contribution in [0.3, 0.4) is 0 Å². The van der Waals surface area contributed by atoms with E-state index in [2.05, 4.69) is 4.98 Å². The minimum Gasteiger partial charge on any atom is -0.465 e. The summed E-state index contributed by atoms with van der Waals surface area (Å²) >= 11 is 12.0. The number of nitrogens with zero attached hydrogens (tertiary/aromatic N) is 1. The fourth-order valence-electron chi connectivity index (χ4n) is 2.05. The van der Waals surface area contributed by atoms with Gasteiger partial charge < -0.3 is 9.47 Å². The van der Waals surface area contributed by atoms with Gasteiger partial charge in [0.1, 0.15) is 11.3 Å². The normalized spacial score (nSPS) is 10.5. The van der Waals surface area contributed by atoms with Crippen LogP contribution < -0.4 is 4.74 Å². The van der Waals surface area contributed by atoms with Crippen molar-refractivity contribution < 1.29 is 14.3 Å². The molecule has 2 rings (SSSR count). The Balaban J connectivity index is 2.54. The average molecular weight is 340 g/mol. The Morgan fingerprint density at radius 3 is 2.23 bits per heavy atom. The molecule has 0 aliphatic carbocycles. The summed E-state index contributed by atoms with van der Waals surface area (Å²) < 4.78 is 10.6. The lowest BCUT2D eigenvalue weighted by Crippen LogP contribution is -2.07. The third kappa shape index (κ3) is 3.34. The predicted molar refractivity (Wildman–Crippen MR) is 86.3 cm³/mol. The maximum Gasteiger partial charge on any atom is 0.343 e. The second-order valence-electron chi connectivity index (χ2n) is 4.87. The number of esters is 1. The summed E-state index contributed by atoms with van der Waals surface area (Å²) in [5.74, 6) is 0.194. The van der Waals surface area contributed by atoms with E-state index in [1.54, 1.807) is 19.1 Å². The van der Waals surface area contributed by atoms with Crippen molar-refractivity contribution in [2.24, 2.45) is 0 Å². The van der Waals surface area contributed by atoms with Crippen LogP contribution in [-0.2, 0) is 4.74 Å². The Kier molecular flexibility index (Phi) is 4.94. The second kappa shape index (κ2) is 6.55. The molecule has 0 atom stereocenters. The molecule has 0 aliphatic rings. The zero-order valence-corrected chi connectivity index (χ0v) is 14.2. The maximum absolute atomic E-state index is 11.9. The Morgan fingerprint density at radius 1 is 1.09 bits per heavy atom. The molecular weight excluding hydrogens is 325 g/mol. The van der Waals surface area contributed by atoms with Crippen molar-refractivity contribution in [2.45, 2.75) is 20.8 Å². The number of carbonyl (C=O) groups is 1. The highest BCUT2D eigenvalue weighted by Gasteiger charge is 2.19. The monoisotopic (exact) mass is 339 g/mol. The molecule has 4 nitrogen and oxygen atoms in total. The van der Waals surface area contributed by atoms with Crippen LogP contribution in [0.4, 0.5) is 0 Å². The van der Waals surface area contributed by atoms with Crippen LogP contribution in [0.15, 0.2) is 18.2 Å². The van der Waals surface area contributed by atoms with E-state index >= 15 is 0 Å². The van der Waals surface area contributed by atoms with Gasteiger partial charge >= 0.3 is 5.97 Å². The van der Waals surface area contributed by atoms with Gasteiger partial charge in [0.25, 0.3) is 0 Å². The molecule has 0 spiro atoms. The van der Waals surface area contributed by atoms with E-state index in [4.69, 9.17) is 32.7 Å². The van der Waals surface area contributed by atoms with Gasteiger partial charge in [-0.05, 0) is 50.1 Å². The van der Waals surface area contributed by atoms with Gasteiger partial charge in [0.2, 0.25) is 5.88 Å². The first kappa shape index (κ1) is 16.6. The Morgan fingerprint density at radius 2 is 1.68 bits per heavy atom. The molecule has 1 aromatic carbocycles. The van der Waals surface area contributed by atoms with Crippen molar-refractivity contribution in [3.05, 3.63) is 50.6 Å². The molecule has 0 fully saturated rings. The van der Waals surface area contributed by atoms with E-state index in [9.17, 15) is 4.79 Å². The van der Waals surface area contributed by atoms with Gasteiger partial charge in [-0.15, -0.1) is 0 Å². The first-order valence-corrected chi connectivity index (χ1v) is 7.29. The van der Waals surface area contributed by atoms with Crippen molar-refractivity contribution in [2.75, 3.05) is 7.11 Å². The highest BCUT2D eigenvalue weighted by molar-refractivity contribution is 6.31. The van der Waals surface area contributed by atoms with Crippen LogP contribution in [0.2, 0.25) is 10.0 Å². The Hall–Kier alpha value is -1.78. The summed E-state index contributed by atoms with van der Waals surface area (Å²) in [6.45, 7) is 5.47. The topological polar surface area (TPSA) is 48.4 Å². The summed E-state index contributed by atoms with van der Waals surface area (Å²) in [7, 11) is 1.29. The smallest absolute Gasteiger partial charge is 0.343 e. The molecule has 0 bridgehead atoms. The third-order valence-electron chi connectivity index (χ3n) is 3.15. The lowest BCUT2D eigenvalue weighted by atomic mass is 10.1. The number of methoxy groups -OCH3 is 1. The minimum atomic E-state index is -0.561. The molecule has 0 unspecified atom stereocenters. The molecule has 0 radical (unpaired) electrons. The number of hydrogen-bond donors (Lipinski definition) is 0. The molecule has 0 aliphatic heterocycles. The lowest BCUT2D eigenvalue weighted by molar-refractivity contribution is 0.0597. The summed E-state index contributed by atoms with van der Waals surface area (Å²) in [4.78, 5) is 16.1. The SMILES string of the molecule is COC(=O)c1cc(Cl)c(C)nc1Oc1c(C)cc(Cl)cc1C. The quantitative estimate of drug-likeness (QED) is 0.746. The molecule has 1 heterocycles. The predicted octanol–water partition coefficient (Wildman–Crippen LogP) is 4.89. The number of carbonyl (C=O) groups excluding carboxylic acids is 1. The zero-order chi connectivity index (χ0) is 16.4. The van der Waals surface area contributed by atoms with Gasteiger partial charge in [0.15, 0.2) is 0 Å².